The number of nitrogens with zero attached hydrogens (tertiary/aromatic N) is 2. The molecule has 0 aliphatic heterocycles. The van der Waals surface area contributed by atoms with E-state index >= 15 is 0 Å². The fourth-order valence-electron chi connectivity index (χ4n) is 1.84. The maximum absolute atomic E-state index is 11.8. The maximum atomic E-state index is 11.8. The van der Waals surface area contributed by atoms with Gasteiger partial charge in [0.25, 0.3) is 0 Å². The number of methoxy groups -OCH3 is 1. The highest BCUT2D eigenvalue weighted by Crippen LogP contribution is 2.22. The summed E-state index contributed by atoms with van der Waals surface area (Å²) in [5, 5.41) is 6.59. The van der Waals surface area contributed by atoms with Gasteiger partial charge in [-0.3, -0.25) is 0 Å². The van der Waals surface area contributed by atoms with E-state index in [1.807, 2.05) is 18.2 Å². The molecule has 7 nitrogen and oxygen atoms in total. The van der Waals surface area contributed by atoms with Crippen LogP contribution in [0.3, 0.4) is 0 Å². The predicted molar refractivity (Wildman–Crippen MR) is 84.1 cm³/mol. The van der Waals surface area contributed by atoms with E-state index in [2.05, 4.69) is 15.5 Å². The molecule has 2 rings (SSSR count). The van der Waals surface area contributed by atoms with E-state index in [-0.39, 0.29) is 0 Å². The van der Waals surface area contributed by atoms with E-state index in [1.165, 1.54) is 0 Å². The molecule has 1 heterocycles. The zero-order chi connectivity index (χ0) is 17.0. The van der Waals surface area contributed by atoms with Gasteiger partial charge in [0.2, 0.25) is 11.7 Å². The molecule has 1 aromatic heterocycles. The second-order valence-corrected chi connectivity index (χ2v) is 6.06. The third kappa shape index (κ3) is 4.70. The highest BCUT2D eigenvalue weighted by Gasteiger charge is 2.21. The maximum Gasteiger partial charge on any atom is 0.408 e. The molecule has 2 aromatic rings. The number of carbonyl (C=O) groups is 1. The average molecular weight is 319 g/mol. The largest absolute Gasteiger partial charge is 0.497 e. The zero-order valence-corrected chi connectivity index (χ0v) is 13.9. The van der Waals surface area contributed by atoms with Crippen molar-refractivity contribution in [1.82, 2.24) is 15.5 Å². The van der Waals surface area contributed by atoms with Crippen LogP contribution in [0, 0.1) is 0 Å². The van der Waals surface area contributed by atoms with Crippen LogP contribution >= 0.6 is 0 Å². The van der Waals surface area contributed by atoms with Crippen LogP contribution in [0.2, 0.25) is 0 Å². The summed E-state index contributed by atoms with van der Waals surface area (Å²) in [6.07, 6.45) is -0.536. The Bertz CT molecular complexity index is 676. The van der Waals surface area contributed by atoms with Gasteiger partial charge in [0.15, 0.2) is 0 Å². The second kappa shape index (κ2) is 6.68. The first-order valence-corrected chi connectivity index (χ1v) is 7.26. The van der Waals surface area contributed by atoms with E-state index in [4.69, 9.17) is 14.0 Å². The quantitative estimate of drug-likeness (QED) is 0.930. The molecule has 1 atom stereocenters. The summed E-state index contributed by atoms with van der Waals surface area (Å²) >= 11 is 0. The molecular weight excluding hydrogens is 298 g/mol. The molecule has 0 aliphatic carbocycles. The number of rotatable bonds is 4. The van der Waals surface area contributed by atoms with Gasteiger partial charge in [-0.05, 0) is 39.8 Å². The number of hydrogen-bond acceptors (Lipinski definition) is 6. The van der Waals surface area contributed by atoms with E-state index in [0.717, 1.165) is 5.56 Å². The molecule has 0 unspecified atom stereocenters. The van der Waals surface area contributed by atoms with Crippen LogP contribution in [-0.4, -0.2) is 28.9 Å². The summed E-state index contributed by atoms with van der Waals surface area (Å²) in [5.41, 5.74) is 0.202. The Balaban J connectivity index is 2.07. The molecule has 7 heteroatoms. The Kier molecular flexibility index (Phi) is 4.88. The number of nitrogens with one attached hydrogen (secondary N) is 1. The molecule has 0 saturated heterocycles. The third-order valence-electron chi connectivity index (χ3n) is 2.87. The number of ether oxygens (including phenoxy) is 2. The first-order chi connectivity index (χ1) is 10.8. The fraction of sp³-hybridized carbons (Fsp3) is 0.438. The van der Waals surface area contributed by atoms with E-state index in [0.29, 0.717) is 17.5 Å². The van der Waals surface area contributed by atoms with E-state index in [9.17, 15) is 4.79 Å². The van der Waals surface area contributed by atoms with Crippen molar-refractivity contribution < 1.29 is 18.8 Å². The van der Waals surface area contributed by atoms with Gasteiger partial charge in [0.1, 0.15) is 17.4 Å². The van der Waals surface area contributed by atoms with Crippen molar-refractivity contribution in [2.24, 2.45) is 0 Å². The summed E-state index contributed by atoms with van der Waals surface area (Å²) in [4.78, 5) is 16.1. The van der Waals surface area contributed by atoms with E-state index in [1.54, 1.807) is 40.9 Å². The lowest BCUT2D eigenvalue weighted by atomic mass is 10.2. The molecule has 0 fully saturated rings. The van der Waals surface area contributed by atoms with Gasteiger partial charge >= 0.3 is 6.09 Å². The van der Waals surface area contributed by atoms with Gasteiger partial charge in [-0.25, -0.2) is 4.79 Å². The molecule has 124 valence electrons. The van der Waals surface area contributed by atoms with Gasteiger partial charge in [-0.2, -0.15) is 4.98 Å². The van der Waals surface area contributed by atoms with Crippen LogP contribution in [0.1, 0.15) is 39.6 Å². The first kappa shape index (κ1) is 16.8. The van der Waals surface area contributed by atoms with Crippen molar-refractivity contribution in [3.8, 4) is 17.1 Å². The number of benzene rings is 1. The first-order valence-electron chi connectivity index (χ1n) is 7.26. The SMILES string of the molecule is COc1cccc(-c2noc([C@H](C)NC(=O)OC(C)(C)C)n2)c1. The highest BCUT2D eigenvalue weighted by atomic mass is 16.6. The van der Waals surface area contributed by atoms with Gasteiger partial charge in [0, 0.05) is 5.56 Å². The van der Waals surface area contributed by atoms with Crippen LogP contribution in [0.4, 0.5) is 4.79 Å². The molecule has 0 aliphatic rings. The van der Waals surface area contributed by atoms with E-state index < -0.39 is 17.7 Å². The lowest BCUT2D eigenvalue weighted by Crippen LogP contribution is -2.34. The number of hydrogen-bond donors (Lipinski definition) is 1. The number of aromatic nitrogens is 2. The highest BCUT2D eigenvalue weighted by molar-refractivity contribution is 5.68. The Morgan fingerprint density at radius 1 is 1.35 bits per heavy atom. The van der Waals surface area contributed by atoms with Crippen molar-refractivity contribution in [1.29, 1.82) is 0 Å². The molecule has 1 amide bonds. The Labute approximate surface area is 135 Å². The summed E-state index contributed by atoms with van der Waals surface area (Å²) in [6.45, 7) is 7.13. The predicted octanol–water partition coefficient (Wildman–Crippen LogP) is 3.33. The monoisotopic (exact) mass is 319 g/mol. The zero-order valence-electron chi connectivity index (χ0n) is 13.9. The summed E-state index contributed by atoms with van der Waals surface area (Å²) in [7, 11) is 1.59. The molecule has 0 bridgehead atoms. The average Bonchev–Trinajstić information content (AvgIpc) is 2.95. The molecule has 23 heavy (non-hydrogen) atoms. The third-order valence-corrected chi connectivity index (χ3v) is 2.87. The topological polar surface area (TPSA) is 86.5 Å². The van der Waals surface area contributed by atoms with Crippen LogP contribution < -0.4 is 10.1 Å². The van der Waals surface area contributed by atoms with Crippen LogP contribution in [0.25, 0.3) is 11.4 Å². The van der Waals surface area contributed by atoms with Gasteiger partial charge in [-0.1, -0.05) is 17.3 Å². The lowest BCUT2D eigenvalue weighted by Gasteiger charge is -2.20. The molecular formula is C16H21N3O4. The molecule has 0 spiro atoms. The molecule has 0 saturated carbocycles. The Hall–Kier alpha value is -2.57. The van der Waals surface area contributed by atoms with Gasteiger partial charge in [-0.15, -0.1) is 0 Å². The van der Waals surface area contributed by atoms with Crippen molar-refractivity contribution in [3.05, 3.63) is 30.2 Å². The molecule has 1 aromatic carbocycles. The Morgan fingerprint density at radius 2 is 2.09 bits per heavy atom. The van der Waals surface area contributed by atoms with Gasteiger partial charge < -0.3 is 19.3 Å². The van der Waals surface area contributed by atoms with Crippen molar-refractivity contribution >= 4 is 6.09 Å². The normalized spacial score (nSPS) is 12.6. The minimum atomic E-state index is -0.565. The number of alkyl carbamates (subject to hydrolysis) is 1. The smallest absolute Gasteiger partial charge is 0.408 e. The van der Waals surface area contributed by atoms with Crippen molar-refractivity contribution in [2.75, 3.05) is 7.11 Å². The summed E-state index contributed by atoms with van der Waals surface area (Å²) in [6, 6.07) is 6.87. The van der Waals surface area contributed by atoms with Crippen LogP contribution in [0.5, 0.6) is 5.75 Å². The fourth-order valence-corrected chi connectivity index (χ4v) is 1.84. The minimum absolute atomic E-state index is 0.300. The lowest BCUT2D eigenvalue weighted by molar-refractivity contribution is 0.0499. The number of carbonyl (C=O) groups excluding carboxylic acids is 1. The standard InChI is InChI=1S/C16H21N3O4/c1-10(17-15(20)22-16(2,3)4)14-18-13(19-23-14)11-7-6-8-12(9-11)21-5/h6-10H,1-5H3,(H,17,20)/t10-/m0/s1. The summed E-state index contributed by atoms with van der Waals surface area (Å²) < 4.78 is 15.6. The second-order valence-electron chi connectivity index (χ2n) is 6.06. The van der Waals surface area contributed by atoms with Crippen molar-refractivity contribution in [2.45, 2.75) is 39.3 Å². The van der Waals surface area contributed by atoms with Crippen LogP contribution in [-0.2, 0) is 4.74 Å². The van der Waals surface area contributed by atoms with Crippen LogP contribution in [0.15, 0.2) is 28.8 Å². The number of amides is 1. The van der Waals surface area contributed by atoms with Crippen molar-refractivity contribution in [3.63, 3.8) is 0 Å². The minimum Gasteiger partial charge on any atom is -0.497 e. The van der Waals surface area contributed by atoms with Gasteiger partial charge in [0.05, 0.1) is 7.11 Å². The summed E-state index contributed by atoms with van der Waals surface area (Å²) in [5.74, 6) is 1.43. The molecule has 0 radical (unpaired) electrons. The molecule has 1 N–H and O–H groups in total. The Morgan fingerprint density at radius 3 is 2.74 bits per heavy atom.